The van der Waals surface area contributed by atoms with Crippen molar-refractivity contribution < 1.29 is 19.0 Å². The number of carbonyl (C=O) groups excluding carboxylic acids is 2. The Balaban J connectivity index is 2.71. The van der Waals surface area contributed by atoms with Gasteiger partial charge < -0.3 is 9.39 Å². The first-order valence-corrected chi connectivity index (χ1v) is 4.03. The molecule has 12 heavy (non-hydrogen) atoms. The molecule has 1 aliphatic heterocycles. The van der Waals surface area contributed by atoms with Gasteiger partial charge in [-0.2, -0.15) is 0 Å². The maximum atomic E-state index is 10.8. The van der Waals surface area contributed by atoms with E-state index in [2.05, 4.69) is 4.65 Å². The zero-order chi connectivity index (χ0) is 9.19. The van der Waals surface area contributed by atoms with Crippen LogP contribution in [0.2, 0.25) is 0 Å². The molecule has 0 aromatic rings. The number of cyclic esters (lactones) is 1. The van der Waals surface area contributed by atoms with Gasteiger partial charge in [0.15, 0.2) is 0 Å². The summed E-state index contributed by atoms with van der Waals surface area (Å²) in [6, 6.07) is 0. The van der Waals surface area contributed by atoms with Gasteiger partial charge in [0.1, 0.15) is 5.50 Å². The first-order chi connectivity index (χ1) is 5.63. The first-order valence-electron chi connectivity index (χ1n) is 4.03. The van der Waals surface area contributed by atoms with Gasteiger partial charge in [0.05, 0.1) is 0 Å². The van der Waals surface area contributed by atoms with E-state index in [4.69, 9.17) is 4.74 Å². The Morgan fingerprint density at radius 3 is 2.25 bits per heavy atom. The van der Waals surface area contributed by atoms with Crippen molar-refractivity contribution in [3.63, 3.8) is 0 Å². The van der Waals surface area contributed by atoms with Crippen molar-refractivity contribution in [2.45, 2.75) is 32.2 Å². The molecule has 0 saturated carbocycles. The average Bonchev–Trinajstić information content (AvgIpc) is 2.10. The highest BCUT2D eigenvalue weighted by Crippen LogP contribution is 2.22. The molecule has 4 nitrogen and oxygen atoms in total. The summed E-state index contributed by atoms with van der Waals surface area (Å²) in [5, 5.41) is 0. The molecule has 1 saturated heterocycles. The number of carbonyl (C=O) groups is 2. The van der Waals surface area contributed by atoms with Crippen molar-refractivity contribution in [3.05, 3.63) is 0 Å². The minimum Gasteiger partial charge on any atom is -0.527 e. The van der Waals surface area contributed by atoms with Gasteiger partial charge in [-0.1, -0.05) is 13.8 Å². The van der Waals surface area contributed by atoms with E-state index in [0.717, 1.165) is 0 Å². The Kier molecular flexibility index (Phi) is 2.40. The molecule has 66 valence electrons. The highest BCUT2D eigenvalue weighted by molar-refractivity contribution is 6.46. The lowest BCUT2D eigenvalue weighted by Crippen LogP contribution is -2.49. The lowest BCUT2D eigenvalue weighted by Gasteiger charge is -2.32. The van der Waals surface area contributed by atoms with Gasteiger partial charge in [0.25, 0.3) is 0 Å². The summed E-state index contributed by atoms with van der Waals surface area (Å²) >= 11 is 0. The Morgan fingerprint density at radius 1 is 1.25 bits per heavy atom. The van der Waals surface area contributed by atoms with Gasteiger partial charge in [-0.25, -0.2) is 9.59 Å². The fraction of sp³-hybridized carbons (Fsp3) is 0.714. The molecule has 0 aromatic heterocycles. The molecule has 0 spiro atoms. The second kappa shape index (κ2) is 3.17. The van der Waals surface area contributed by atoms with Gasteiger partial charge in [-0.3, -0.25) is 0 Å². The van der Waals surface area contributed by atoms with Crippen molar-refractivity contribution in [3.8, 4) is 0 Å². The third-order valence-corrected chi connectivity index (χ3v) is 2.23. The van der Waals surface area contributed by atoms with Crippen LogP contribution in [-0.4, -0.2) is 24.9 Å². The Morgan fingerprint density at radius 2 is 1.83 bits per heavy atom. The van der Waals surface area contributed by atoms with E-state index in [-0.39, 0.29) is 7.48 Å². The third kappa shape index (κ3) is 1.44. The van der Waals surface area contributed by atoms with Crippen LogP contribution in [0.4, 0.5) is 0 Å². The highest BCUT2D eigenvalue weighted by Gasteiger charge is 2.42. The summed E-state index contributed by atoms with van der Waals surface area (Å²) in [4.78, 5) is 21.4. The lowest BCUT2D eigenvalue weighted by molar-refractivity contribution is -0.174. The molecule has 0 unspecified atom stereocenters. The molecule has 1 aliphatic rings. The molecule has 0 amide bonds. The molecule has 0 aliphatic carbocycles. The van der Waals surface area contributed by atoms with Crippen LogP contribution in [0.5, 0.6) is 0 Å². The molecular formula is C7H11BO4. The third-order valence-electron chi connectivity index (χ3n) is 2.23. The maximum Gasteiger partial charge on any atom is 0.415 e. The molecule has 0 radical (unpaired) electrons. The van der Waals surface area contributed by atoms with Crippen LogP contribution in [0.1, 0.15) is 26.7 Å². The van der Waals surface area contributed by atoms with E-state index in [1.54, 1.807) is 0 Å². The van der Waals surface area contributed by atoms with Gasteiger partial charge >= 0.3 is 19.4 Å². The zero-order valence-corrected chi connectivity index (χ0v) is 7.25. The van der Waals surface area contributed by atoms with Crippen LogP contribution >= 0.6 is 0 Å². The van der Waals surface area contributed by atoms with Crippen LogP contribution in [-0.2, 0) is 19.0 Å². The molecule has 0 bridgehead atoms. The Labute approximate surface area is 71.5 Å². The van der Waals surface area contributed by atoms with E-state index < -0.39 is 17.4 Å². The topological polar surface area (TPSA) is 52.6 Å². The van der Waals surface area contributed by atoms with E-state index in [1.165, 1.54) is 0 Å². The largest absolute Gasteiger partial charge is 0.527 e. The van der Waals surface area contributed by atoms with Crippen LogP contribution in [0.3, 0.4) is 0 Å². The Bertz CT molecular complexity index is 209. The summed E-state index contributed by atoms with van der Waals surface area (Å²) < 4.78 is 9.65. The summed E-state index contributed by atoms with van der Waals surface area (Å²) in [6.07, 6.45) is 1.34. The molecule has 1 heterocycles. The number of ether oxygens (including phenoxy) is 1. The summed E-state index contributed by atoms with van der Waals surface area (Å²) in [5.41, 5.74) is -0.578. The number of rotatable bonds is 2. The van der Waals surface area contributed by atoms with Gasteiger partial charge in [-0.15, -0.1) is 0 Å². The van der Waals surface area contributed by atoms with Crippen LogP contribution in [0.25, 0.3) is 0 Å². The second-order valence-electron chi connectivity index (χ2n) is 2.86. The van der Waals surface area contributed by atoms with Crippen LogP contribution < -0.4 is 0 Å². The van der Waals surface area contributed by atoms with Gasteiger partial charge in [-0.05, 0) is 12.8 Å². The van der Waals surface area contributed by atoms with E-state index in [0.29, 0.717) is 12.8 Å². The van der Waals surface area contributed by atoms with E-state index in [1.807, 2.05) is 13.8 Å². The average molecular weight is 170 g/mol. The predicted octanol–water partition coefficient (Wildman–Crippen LogP) is -0.0458. The molecule has 0 aromatic carbocycles. The molecule has 1 fully saturated rings. The Hall–Kier alpha value is -0.995. The van der Waals surface area contributed by atoms with Crippen molar-refractivity contribution in [2.24, 2.45) is 0 Å². The number of hydrogen-bond donors (Lipinski definition) is 0. The lowest BCUT2D eigenvalue weighted by atomic mass is 9.70. The quantitative estimate of drug-likeness (QED) is 0.331. The highest BCUT2D eigenvalue weighted by atomic mass is 16.6. The number of hydrogen-bond acceptors (Lipinski definition) is 4. The molecule has 0 atom stereocenters. The second-order valence-corrected chi connectivity index (χ2v) is 2.86. The summed E-state index contributed by atoms with van der Waals surface area (Å²) in [5.74, 6) is -1.75. The predicted molar refractivity (Wildman–Crippen MR) is 42.6 cm³/mol. The standard InChI is InChI=1S/C7H11BO4/c1-3-7(4-2)8-12-6(10)5(9)11-7/h8H,3-4H2,1-2H3. The van der Waals surface area contributed by atoms with Crippen LogP contribution in [0, 0.1) is 0 Å². The fourth-order valence-electron chi connectivity index (χ4n) is 1.12. The monoisotopic (exact) mass is 170 g/mol. The summed E-state index contributed by atoms with van der Waals surface area (Å²) in [6.45, 7) is 3.80. The van der Waals surface area contributed by atoms with Crippen molar-refractivity contribution in [2.75, 3.05) is 0 Å². The van der Waals surface area contributed by atoms with E-state index in [9.17, 15) is 9.59 Å². The van der Waals surface area contributed by atoms with Gasteiger partial charge in [0, 0.05) is 0 Å². The smallest absolute Gasteiger partial charge is 0.415 e. The first kappa shape index (κ1) is 9.10. The molecular weight excluding hydrogens is 159 g/mol. The normalized spacial score (nSPS) is 20.8. The van der Waals surface area contributed by atoms with Crippen molar-refractivity contribution in [1.29, 1.82) is 0 Å². The number of esters is 1. The van der Waals surface area contributed by atoms with Crippen molar-refractivity contribution >= 4 is 19.4 Å². The molecule has 5 heteroatoms. The van der Waals surface area contributed by atoms with Crippen molar-refractivity contribution in [1.82, 2.24) is 0 Å². The fourth-order valence-corrected chi connectivity index (χ4v) is 1.12. The summed E-state index contributed by atoms with van der Waals surface area (Å²) in [7, 11) is 0.185. The van der Waals surface area contributed by atoms with Gasteiger partial charge in [0.2, 0.25) is 0 Å². The minimum absolute atomic E-state index is 0.185. The molecule has 0 N–H and O–H groups in total. The maximum absolute atomic E-state index is 10.8. The minimum atomic E-state index is -0.882. The van der Waals surface area contributed by atoms with E-state index >= 15 is 0 Å². The SMILES string of the molecule is CCC1(CC)BOC(=O)C(=O)O1. The van der Waals surface area contributed by atoms with Crippen LogP contribution in [0.15, 0.2) is 0 Å². The zero-order valence-electron chi connectivity index (χ0n) is 7.25. The molecule has 1 rings (SSSR count).